The standard InChI is InChI=1S/C10H20O4S/c1-4-14-10(11)8-15(12,13)7-5-6-9(2)3/h9H,4-8H2,1-3H3. The topological polar surface area (TPSA) is 60.4 Å². The van der Waals surface area contributed by atoms with Crippen LogP contribution in [0.5, 0.6) is 0 Å². The number of sulfone groups is 1. The first-order chi connectivity index (χ1) is 6.87. The molecule has 0 rings (SSSR count). The Kier molecular flexibility index (Phi) is 6.56. The third-order valence-corrected chi connectivity index (χ3v) is 3.47. The first-order valence-corrected chi connectivity index (χ1v) is 7.05. The Hall–Kier alpha value is -0.580. The molecule has 0 saturated heterocycles. The highest BCUT2D eigenvalue weighted by molar-refractivity contribution is 7.92. The number of esters is 1. The third kappa shape index (κ3) is 8.42. The molecule has 0 aromatic heterocycles. The molecular formula is C10H20O4S. The second-order valence-corrected chi connectivity index (χ2v) is 6.12. The van der Waals surface area contributed by atoms with Gasteiger partial charge in [0.05, 0.1) is 12.4 Å². The Morgan fingerprint density at radius 1 is 1.33 bits per heavy atom. The van der Waals surface area contributed by atoms with Gasteiger partial charge in [-0.15, -0.1) is 0 Å². The molecular weight excluding hydrogens is 216 g/mol. The van der Waals surface area contributed by atoms with E-state index in [2.05, 4.69) is 4.74 Å². The van der Waals surface area contributed by atoms with E-state index in [0.717, 1.165) is 6.42 Å². The second kappa shape index (κ2) is 6.82. The average molecular weight is 236 g/mol. The van der Waals surface area contributed by atoms with Gasteiger partial charge in [0.25, 0.3) is 0 Å². The van der Waals surface area contributed by atoms with Crippen LogP contribution in [0, 0.1) is 5.92 Å². The fourth-order valence-electron chi connectivity index (χ4n) is 1.17. The number of rotatable bonds is 7. The molecule has 15 heavy (non-hydrogen) atoms. The summed E-state index contributed by atoms with van der Waals surface area (Å²) < 4.78 is 27.4. The van der Waals surface area contributed by atoms with E-state index in [4.69, 9.17) is 0 Å². The first kappa shape index (κ1) is 14.4. The zero-order valence-electron chi connectivity index (χ0n) is 9.65. The molecule has 0 unspecified atom stereocenters. The van der Waals surface area contributed by atoms with E-state index >= 15 is 0 Å². The predicted octanol–water partition coefficient (Wildman–Crippen LogP) is 1.40. The summed E-state index contributed by atoms with van der Waals surface area (Å²) in [6.45, 7) is 5.96. The van der Waals surface area contributed by atoms with Crippen LogP contribution in [0.15, 0.2) is 0 Å². The monoisotopic (exact) mass is 236 g/mol. The number of carbonyl (C=O) groups excluding carboxylic acids is 1. The average Bonchev–Trinajstić information content (AvgIpc) is 2.01. The summed E-state index contributed by atoms with van der Waals surface area (Å²) in [4.78, 5) is 11.0. The molecule has 4 nitrogen and oxygen atoms in total. The fourth-order valence-corrected chi connectivity index (χ4v) is 2.36. The first-order valence-electron chi connectivity index (χ1n) is 5.23. The van der Waals surface area contributed by atoms with E-state index in [1.54, 1.807) is 6.92 Å². The van der Waals surface area contributed by atoms with Crippen molar-refractivity contribution in [3.05, 3.63) is 0 Å². The number of ether oxygens (including phenoxy) is 1. The molecule has 0 aromatic carbocycles. The molecule has 0 amide bonds. The molecule has 0 radical (unpaired) electrons. The van der Waals surface area contributed by atoms with Crippen molar-refractivity contribution >= 4 is 15.8 Å². The minimum Gasteiger partial charge on any atom is -0.465 e. The lowest BCUT2D eigenvalue weighted by molar-refractivity contribution is -0.139. The number of carbonyl (C=O) groups is 1. The van der Waals surface area contributed by atoms with Gasteiger partial charge in [0.15, 0.2) is 9.84 Å². The van der Waals surface area contributed by atoms with Crippen molar-refractivity contribution < 1.29 is 17.9 Å². The molecule has 0 aliphatic heterocycles. The van der Waals surface area contributed by atoms with Crippen LogP contribution < -0.4 is 0 Å². The molecule has 0 saturated carbocycles. The van der Waals surface area contributed by atoms with Gasteiger partial charge in [-0.05, 0) is 19.3 Å². The highest BCUT2D eigenvalue weighted by Gasteiger charge is 2.17. The highest BCUT2D eigenvalue weighted by Crippen LogP contribution is 2.06. The Morgan fingerprint density at radius 3 is 2.40 bits per heavy atom. The normalized spacial score (nSPS) is 11.7. The summed E-state index contributed by atoms with van der Waals surface area (Å²) in [5.74, 6) is -0.576. The van der Waals surface area contributed by atoms with Gasteiger partial charge < -0.3 is 4.74 Å². The van der Waals surface area contributed by atoms with Gasteiger partial charge in [0.1, 0.15) is 5.75 Å². The van der Waals surface area contributed by atoms with Gasteiger partial charge in [-0.1, -0.05) is 20.3 Å². The molecule has 0 aromatic rings. The smallest absolute Gasteiger partial charge is 0.321 e. The van der Waals surface area contributed by atoms with Crippen molar-refractivity contribution in [3.63, 3.8) is 0 Å². The lowest BCUT2D eigenvalue weighted by Gasteiger charge is -2.05. The SMILES string of the molecule is CCOC(=O)CS(=O)(=O)CCCC(C)C. The van der Waals surface area contributed by atoms with E-state index in [1.807, 2.05) is 13.8 Å². The minimum atomic E-state index is -3.27. The van der Waals surface area contributed by atoms with Gasteiger partial charge in [-0.3, -0.25) is 4.79 Å². The Balaban J connectivity index is 3.92. The van der Waals surface area contributed by atoms with Gasteiger partial charge in [-0.25, -0.2) is 8.42 Å². The molecule has 90 valence electrons. The molecule has 0 spiro atoms. The van der Waals surface area contributed by atoms with Crippen LogP contribution in [0.3, 0.4) is 0 Å². The summed E-state index contributed by atoms with van der Waals surface area (Å²) in [6, 6.07) is 0. The molecule has 0 atom stereocenters. The maximum absolute atomic E-state index is 11.4. The highest BCUT2D eigenvalue weighted by atomic mass is 32.2. The van der Waals surface area contributed by atoms with E-state index in [0.29, 0.717) is 12.3 Å². The van der Waals surface area contributed by atoms with Gasteiger partial charge in [0.2, 0.25) is 0 Å². The van der Waals surface area contributed by atoms with Crippen LogP contribution in [0.1, 0.15) is 33.6 Å². The van der Waals surface area contributed by atoms with E-state index in [-0.39, 0.29) is 12.4 Å². The quantitative estimate of drug-likeness (QED) is 0.627. The largest absolute Gasteiger partial charge is 0.465 e. The molecule has 0 fully saturated rings. The van der Waals surface area contributed by atoms with Crippen LogP contribution in [-0.2, 0) is 19.4 Å². The van der Waals surface area contributed by atoms with Crippen molar-refractivity contribution in [2.24, 2.45) is 5.92 Å². The van der Waals surface area contributed by atoms with E-state index in [9.17, 15) is 13.2 Å². The molecule has 0 aliphatic carbocycles. The minimum absolute atomic E-state index is 0.0734. The summed E-state index contributed by atoms with van der Waals surface area (Å²) in [5.41, 5.74) is 0. The van der Waals surface area contributed by atoms with Crippen LogP contribution in [0.2, 0.25) is 0 Å². The fraction of sp³-hybridized carbons (Fsp3) is 0.900. The van der Waals surface area contributed by atoms with Crippen LogP contribution in [0.4, 0.5) is 0 Å². The van der Waals surface area contributed by atoms with Gasteiger partial charge in [0, 0.05) is 0 Å². The predicted molar refractivity (Wildman–Crippen MR) is 59.4 cm³/mol. The zero-order chi connectivity index (χ0) is 11.9. The lowest BCUT2D eigenvalue weighted by atomic mass is 10.1. The van der Waals surface area contributed by atoms with Crippen LogP contribution >= 0.6 is 0 Å². The van der Waals surface area contributed by atoms with Crippen molar-refractivity contribution in [3.8, 4) is 0 Å². The molecule has 0 aliphatic rings. The Labute approximate surface area is 91.9 Å². The summed E-state index contributed by atoms with van der Waals surface area (Å²) in [7, 11) is -3.27. The Morgan fingerprint density at radius 2 is 1.93 bits per heavy atom. The Bertz CT molecular complexity index is 280. The number of hydrogen-bond acceptors (Lipinski definition) is 4. The molecule has 5 heteroatoms. The van der Waals surface area contributed by atoms with Crippen molar-refractivity contribution in [1.29, 1.82) is 0 Å². The molecule has 0 N–H and O–H groups in total. The molecule has 0 heterocycles. The maximum atomic E-state index is 11.4. The van der Waals surface area contributed by atoms with E-state index in [1.165, 1.54) is 0 Å². The maximum Gasteiger partial charge on any atom is 0.321 e. The van der Waals surface area contributed by atoms with Gasteiger partial charge >= 0.3 is 5.97 Å². The summed E-state index contributed by atoms with van der Waals surface area (Å²) >= 11 is 0. The van der Waals surface area contributed by atoms with Crippen molar-refractivity contribution in [2.45, 2.75) is 33.6 Å². The van der Waals surface area contributed by atoms with Crippen LogP contribution in [-0.4, -0.2) is 32.5 Å². The van der Waals surface area contributed by atoms with Gasteiger partial charge in [-0.2, -0.15) is 0 Å². The lowest BCUT2D eigenvalue weighted by Crippen LogP contribution is -2.21. The number of hydrogen-bond donors (Lipinski definition) is 0. The third-order valence-electron chi connectivity index (χ3n) is 1.88. The van der Waals surface area contributed by atoms with Crippen LogP contribution in [0.25, 0.3) is 0 Å². The van der Waals surface area contributed by atoms with E-state index < -0.39 is 21.6 Å². The second-order valence-electron chi connectivity index (χ2n) is 3.93. The molecule has 0 bridgehead atoms. The van der Waals surface area contributed by atoms with Crippen molar-refractivity contribution in [2.75, 3.05) is 18.1 Å². The van der Waals surface area contributed by atoms with Crippen molar-refractivity contribution in [1.82, 2.24) is 0 Å². The summed E-state index contributed by atoms with van der Waals surface area (Å²) in [6.07, 6.45) is 1.47. The summed E-state index contributed by atoms with van der Waals surface area (Å²) in [5, 5.41) is 0. The zero-order valence-corrected chi connectivity index (χ0v) is 10.5.